The van der Waals surface area contributed by atoms with Gasteiger partial charge in [-0.15, -0.1) is 0 Å². The Hall–Kier alpha value is -0.0200. The smallest absolute Gasteiger partial charge is 0.244 e. The van der Waals surface area contributed by atoms with Crippen molar-refractivity contribution in [1.82, 2.24) is 0 Å². The van der Waals surface area contributed by atoms with E-state index in [9.17, 15) is 4.79 Å². The molecule has 0 amide bonds. The van der Waals surface area contributed by atoms with Gasteiger partial charge in [-0.05, 0) is 0 Å². The van der Waals surface area contributed by atoms with Crippen LogP contribution in [-0.2, 0) is 4.79 Å². The normalized spacial score (nSPS) is 11.5. The van der Waals surface area contributed by atoms with Crippen molar-refractivity contribution in [2.24, 2.45) is 0 Å². The molecule has 0 atom stereocenters. The highest BCUT2D eigenvalue weighted by atomic mass is 31.2. The Bertz CT molecular complexity index is 93.9. The molecule has 0 aliphatic heterocycles. The lowest BCUT2D eigenvalue weighted by Crippen LogP contribution is -2.01. The molecule has 0 heterocycles. The van der Waals surface area contributed by atoms with Crippen LogP contribution in [0.2, 0.25) is 0 Å². The van der Waals surface area contributed by atoms with E-state index in [-0.39, 0.29) is 6.42 Å². The van der Waals surface area contributed by atoms with Gasteiger partial charge in [0.05, 0.1) is 6.42 Å². The minimum atomic E-state index is -4.15. The average molecular weight is 139 g/mol. The molecule has 0 aromatic carbocycles. The van der Waals surface area contributed by atoms with Gasteiger partial charge in [-0.25, -0.2) is 4.79 Å². The Morgan fingerprint density at radius 3 is 1.88 bits per heavy atom. The highest BCUT2D eigenvalue weighted by molar-refractivity contribution is 7.76. The lowest BCUT2D eigenvalue weighted by atomic mass is 10.6. The largest absolute Gasteiger partial charge is 0.478 e. The van der Waals surface area contributed by atoms with Crippen molar-refractivity contribution < 1.29 is 19.5 Å². The van der Waals surface area contributed by atoms with Crippen LogP contribution in [0.25, 0.3) is 0 Å². The van der Waals surface area contributed by atoms with E-state index in [1.807, 2.05) is 0 Å². The first-order valence-electron chi connectivity index (χ1n) is 2.09. The summed E-state index contributed by atoms with van der Waals surface area (Å²) in [7, 11) is -4.15. The Balaban J connectivity index is 3.82. The van der Waals surface area contributed by atoms with Gasteiger partial charge in [-0.2, -0.15) is 14.7 Å². The Kier molecular flexibility index (Phi) is 2.50. The second kappa shape index (κ2) is 2.51. The fourth-order valence-corrected chi connectivity index (χ4v) is 0.636. The van der Waals surface area contributed by atoms with Crippen LogP contribution in [-0.4, -0.2) is 20.2 Å². The van der Waals surface area contributed by atoms with E-state index in [0.717, 1.165) is 0 Å². The van der Waals surface area contributed by atoms with Crippen LogP contribution in [0.1, 0.15) is 13.3 Å². The van der Waals surface area contributed by atoms with Crippen LogP contribution in [0, 0.1) is 0 Å². The van der Waals surface area contributed by atoms with Crippen molar-refractivity contribution in [1.29, 1.82) is 0 Å². The minimum absolute atomic E-state index is 0.0444. The molecule has 0 radical (unpaired) electrons. The first kappa shape index (κ1) is 7.98. The Labute approximate surface area is 47.4 Å². The van der Waals surface area contributed by atoms with Gasteiger partial charge in [0, 0.05) is 0 Å². The van der Waals surface area contributed by atoms with Crippen LogP contribution >= 0.6 is 7.94 Å². The van der Waals surface area contributed by atoms with Gasteiger partial charge in [-0.1, -0.05) is 6.92 Å². The second-order valence-corrected chi connectivity index (χ2v) is 2.95. The molecule has 8 heavy (non-hydrogen) atoms. The Morgan fingerprint density at radius 1 is 1.50 bits per heavy atom. The van der Waals surface area contributed by atoms with Crippen molar-refractivity contribution >= 4 is 13.5 Å². The van der Waals surface area contributed by atoms with Crippen LogP contribution in [0.5, 0.6) is 0 Å². The van der Waals surface area contributed by atoms with E-state index in [0.29, 0.717) is 0 Å². The third kappa shape index (κ3) is 2.33. The van der Waals surface area contributed by atoms with Crippen molar-refractivity contribution in [3.63, 3.8) is 0 Å². The monoisotopic (exact) mass is 139 g/mol. The van der Waals surface area contributed by atoms with Gasteiger partial charge in [0.15, 0.2) is 0 Å². The topological polar surface area (TPSA) is 77.8 Å². The Morgan fingerprint density at radius 2 is 1.88 bits per heavy atom. The predicted octanol–water partition coefficient (Wildman–Crippen LogP) is -0.338. The van der Waals surface area contributed by atoms with Gasteiger partial charge >= 0.3 is 13.5 Å². The molecule has 0 spiro atoms. The first-order valence-corrected chi connectivity index (χ1v) is 3.74. The zero-order valence-electron chi connectivity index (χ0n) is 4.40. The van der Waals surface area contributed by atoms with Gasteiger partial charge in [0.1, 0.15) is 0 Å². The van der Waals surface area contributed by atoms with Crippen LogP contribution in [0.15, 0.2) is 0 Å². The molecule has 0 unspecified atom stereocenters. The summed E-state index contributed by atoms with van der Waals surface area (Å²) in [5, 5.41) is 0. The lowest BCUT2D eigenvalue weighted by molar-refractivity contribution is -0.113. The molecule has 0 saturated heterocycles. The molecule has 0 aliphatic rings. The van der Waals surface area contributed by atoms with E-state index in [1.165, 1.54) is 6.92 Å². The highest BCUT2D eigenvalue weighted by Crippen LogP contribution is 2.46. The SMILES string of the molecule is CCC(=O)[P+](O)(O)O. The maximum absolute atomic E-state index is 10.1. The first-order chi connectivity index (χ1) is 3.48. The number of hydrogen-bond donors (Lipinski definition) is 3. The highest BCUT2D eigenvalue weighted by Gasteiger charge is 2.40. The molecule has 0 aromatic heterocycles. The number of carbonyl (C=O) groups is 1. The molecule has 0 fully saturated rings. The van der Waals surface area contributed by atoms with Crippen molar-refractivity contribution in [2.45, 2.75) is 13.3 Å². The molecule has 0 bridgehead atoms. The maximum Gasteiger partial charge on any atom is 0.478 e. The van der Waals surface area contributed by atoms with Crippen molar-refractivity contribution in [3.8, 4) is 0 Å². The van der Waals surface area contributed by atoms with Crippen molar-refractivity contribution in [2.75, 3.05) is 0 Å². The third-order valence-electron chi connectivity index (χ3n) is 0.637. The predicted molar refractivity (Wildman–Crippen MR) is 28.9 cm³/mol. The number of hydrogen-bond acceptors (Lipinski definition) is 4. The maximum atomic E-state index is 10.1. The van der Waals surface area contributed by atoms with Crippen LogP contribution < -0.4 is 0 Å². The summed E-state index contributed by atoms with van der Waals surface area (Å²) >= 11 is 0. The fraction of sp³-hybridized carbons (Fsp3) is 0.667. The summed E-state index contributed by atoms with van der Waals surface area (Å²) in [4.78, 5) is 34.6. The number of carbonyl (C=O) groups excluding carboxylic acids is 1. The summed E-state index contributed by atoms with van der Waals surface area (Å²) in [6, 6.07) is 0. The molecule has 0 aromatic rings. The molecule has 48 valence electrons. The van der Waals surface area contributed by atoms with Crippen LogP contribution in [0.4, 0.5) is 0 Å². The molecule has 4 nitrogen and oxygen atoms in total. The average Bonchev–Trinajstić information content (AvgIpc) is 1.62. The standard InChI is InChI=1S/C3H8O4P/c1-2-3(4)8(5,6)7/h5-7H,2H2,1H3/q+1. The minimum Gasteiger partial charge on any atom is -0.244 e. The van der Waals surface area contributed by atoms with Crippen LogP contribution in [0.3, 0.4) is 0 Å². The van der Waals surface area contributed by atoms with E-state index < -0.39 is 13.5 Å². The van der Waals surface area contributed by atoms with Gasteiger partial charge in [0.25, 0.3) is 0 Å². The quantitative estimate of drug-likeness (QED) is 0.457. The summed E-state index contributed by atoms with van der Waals surface area (Å²) in [6.07, 6.45) is -0.0444. The van der Waals surface area contributed by atoms with Gasteiger partial charge in [0.2, 0.25) is 0 Å². The summed E-state index contributed by atoms with van der Waals surface area (Å²) in [5.41, 5.74) is -0.891. The van der Waals surface area contributed by atoms with Gasteiger partial charge in [-0.3, -0.25) is 0 Å². The molecule has 5 heteroatoms. The summed E-state index contributed by atoms with van der Waals surface area (Å²) < 4.78 is 0. The van der Waals surface area contributed by atoms with E-state index in [2.05, 4.69) is 0 Å². The second-order valence-electron chi connectivity index (χ2n) is 1.32. The molecule has 0 saturated carbocycles. The van der Waals surface area contributed by atoms with Crippen molar-refractivity contribution in [3.05, 3.63) is 0 Å². The molecular formula is C3H8O4P+. The molecule has 3 N–H and O–H groups in total. The summed E-state index contributed by atoms with van der Waals surface area (Å²) in [6.45, 7) is 1.44. The fourth-order valence-electron chi connectivity index (χ4n) is 0.212. The number of rotatable bonds is 2. The third-order valence-corrected chi connectivity index (χ3v) is 1.62. The van der Waals surface area contributed by atoms with E-state index in [4.69, 9.17) is 14.7 Å². The molecular weight excluding hydrogens is 131 g/mol. The lowest BCUT2D eigenvalue weighted by Gasteiger charge is -1.96. The van der Waals surface area contributed by atoms with Gasteiger partial charge < -0.3 is 0 Å². The zero-order valence-corrected chi connectivity index (χ0v) is 5.30. The van der Waals surface area contributed by atoms with E-state index >= 15 is 0 Å². The molecule has 0 rings (SSSR count). The molecule has 0 aliphatic carbocycles. The zero-order chi connectivity index (χ0) is 6.78. The van der Waals surface area contributed by atoms with E-state index in [1.54, 1.807) is 0 Å². The summed E-state index contributed by atoms with van der Waals surface area (Å²) in [5.74, 6) is 0.